The van der Waals surface area contributed by atoms with E-state index in [-0.39, 0.29) is 0 Å². The van der Waals surface area contributed by atoms with Crippen molar-refractivity contribution in [2.45, 2.75) is 85.2 Å². The molecule has 3 aliphatic rings. The van der Waals surface area contributed by atoms with Gasteiger partial charge in [0.15, 0.2) is 0 Å². The Balaban J connectivity index is 1.46. The molecule has 0 unspecified atom stereocenters. The summed E-state index contributed by atoms with van der Waals surface area (Å²) in [5.41, 5.74) is 1.06. The lowest BCUT2D eigenvalue weighted by Gasteiger charge is -2.50. The van der Waals surface area contributed by atoms with E-state index in [0.717, 1.165) is 11.8 Å². The van der Waals surface area contributed by atoms with Crippen LogP contribution in [-0.4, -0.2) is 72.1 Å². The predicted molar refractivity (Wildman–Crippen MR) is 113 cm³/mol. The molecule has 0 spiro atoms. The van der Waals surface area contributed by atoms with Gasteiger partial charge in [0.1, 0.15) is 0 Å². The van der Waals surface area contributed by atoms with Crippen LogP contribution in [0.5, 0.6) is 0 Å². The highest BCUT2D eigenvalue weighted by atomic mass is 15.3. The third kappa shape index (κ3) is 4.83. The van der Waals surface area contributed by atoms with Crippen molar-refractivity contribution in [1.82, 2.24) is 14.7 Å². The van der Waals surface area contributed by atoms with Crippen molar-refractivity contribution < 1.29 is 0 Å². The summed E-state index contributed by atoms with van der Waals surface area (Å²) in [5.74, 6) is 1.73. The molecular formula is C23H45N3. The summed E-state index contributed by atoms with van der Waals surface area (Å²) < 4.78 is 0. The Labute approximate surface area is 163 Å². The minimum Gasteiger partial charge on any atom is -0.303 e. The van der Waals surface area contributed by atoms with E-state index < -0.39 is 0 Å². The maximum absolute atomic E-state index is 2.80. The van der Waals surface area contributed by atoms with Gasteiger partial charge in [-0.3, -0.25) is 9.80 Å². The number of likely N-dealkylation sites (tertiary alicyclic amines) is 1. The fraction of sp³-hybridized carbons (Fsp3) is 1.00. The maximum Gasteiger partial charge on any atom is 0.0183 e. The average molecular weight is 364 g/mol. The minimum absolute atomic E-state index is 0.365. The van der Waals surface area contributed by atoms with Crippen LogP contribution < -0.4 is 0 Å². The van der Waals surface area contributed by atoms with E-state index in [1.807, 2.05) is 0 Å². The summed E-state index contributed by atoms with van der Waals surface area (Å²) in [6.07, 6.45) is 7.20. The van der Waals surface area contributed by atoms with Gasteiger partial charge in [-0.2, -0.15) is 0 Å². The molecule has 0 aromatic heterocycles. The van der Waals surface area contributed by atoms with Gasteiger partial charge in [-0.1, -0.05) is 13.8 Å². The molecule has 0 radical (unpaired) electrons. The summed E-state index contributed by atoms with van der Waals surface area (Å²) >= 11 is 0. The molecule has 2 heterocycles. The van der Waals surface area contributed by atoms with Crippen LogP contribution in [0.1, 0.15) is 73.6 Å². The number of nitrogens with zero attached hydrogens (tertiary/aromatic N) is 3. The standard InChI is InChI=1S/C23H45N3/c1-19(2)17-23(9-10-23)18-24-11-7-21(8-12-24)22(5,6)26-15-13-25(14-16-26)20(3)4/h19-21H,7-18H2,1-6H3. The normalized spacial score (nSPS) is 26.8. The van der Waals surface area contributed by atoms with E-state index >= 15 is 0 Å². The van der Waals surface area contributed by atoms with Gasteiger partial charge in [0.25, 0.3) is 0 Å². The molecule has 0 aromatic carbocycles. The monoisotopic (exact) mass is 363 g/mol. The van der Waals surface area contributed by atoms with Crippen LogP contribution >= 0.6 is 0 Å². The molecule has 3 nitrogen and oxygen atoms in total. The Morgan fingerprint density at radius 3 is 1.92 bits per heavy atom. The number of piperidine rings is 1. The van der Waals surface area contributed by atoms with Crippen molar-refractivity contribution in [2.75, 3.05) is 45.8 Å². The minimum atomic E-state index is 0.365. The van der Waals surface area contributed by atoms with E-state index in [9.17, 15) is 0 Å². The quantitative estimate of drug-likeness (QED) is 0.666. The second-order valence-corrected chi connectivity index (χ2v) is 10.9. The lowest BCUT2D eigenvalue weighted by Crippen LogP contribution is -2.59. The van der Waals surface area contributed by atoms with E-state index in [1.54, 1.807) is 0 Å². The molecule has 1 aliphatic carbocycles. The van der Waals surface area contributed by atoms with Crippen molar-refractivity contribution in [3.8, 4) is 0 Å². The summed E-state index contributed by atoms with van der Waals surface area (Å²) in [4.78, 5) is 8.24. The second kappa shape index (κ2) is 8.09. The first-order valence-corrected chi connectivity index (χ1v) is 11.4. The topological polar surface area (TPSA) is 9.72 Å². The Morgan fingerprint density at radius 1 is 0.885 bits per heavy atom. The smallest absolute Gasteiger partial charge is 0.0183 e. The zero-order valence-electron chi connectivity index (χ0n) is 18.6. The first kappa shape index (κ1) is 20.6. The molecule has 3 rings (SSSR count). The third-order valence-electron chi connectivity index (χ3n) is 7.80. The van der Waals surface area contributed by atoms with Crippen molar-refractivity contribution in [2.24, 2.45) is 17.3 Å². The van der Waals surface area contributed by atoms with Gasteiger partial charge >= 0.3 is 0 Å². The van der Waals surface area contributed by atoms with E-state index in [0.29, 0.717) is 17.0 Å². The van der Waals surface area contributed by atoms with Crippen molar-refractivity contribution in [3.63, 3.8) is 0 Å². The van der Waals surface area contributed by atoms with Crippen LogP contribution in [0.2, 0.25) is 0 Å². The molecule has 0 aromatic rings. The SMILES string of the molecule is CC(C)CC1(CN2CCC(C(C)(C)N3CCN(C(C)C)CC3)CC2)CC1. The predicted octanol–water partition coefficient (Wildman–Crippen LogP) is 4.33. The van der Waals surface area contributed by atoms with Gasteiger partial charge in [0, 0.05) is 44.3 Å². The number of hydrogen-bond donors (Lipinski definition) is 0. The van der Waals surface area contributed by atoms with Crippen LogP contribution in [0, 0.1) is 17.3 Å². The van der Waals surface area contributed by atoms with Crippen molar-refractivity contribution in [1.29, 1.82) is 0 Å². The second-order valence-electron chi connectivity index (χ2n) is 10.9. The highest BCUT2D eigenvalue weighted by Gasteiger charge is 2.45. The molecule has 1 saturated carbocycles. The van der Waals surface area contributed by atoms with Crippen LogP contribution in [-0.2, 0) is 0 Å². The van der Waals surface area contributed by atoms with E-state index in [1.165, 1.54) is 77.9 Å². The summed E-state index contributed by atoms with van der Waals surface area (Å²) in [6, 6.07) is 0.698. The Morgan fingerprint density at radius 2 is 1.46 bits per heavy atom. The van der Waals surface area contributed by atoms with E-state index in [4.69, 9.17) is 0 Å². The summed E-state index contributed by atoms with van der Waals surface area (Å²) in [6.45, 7) is 23.6. The molecule has 0 atom stereocenters. The number of hydrogen-bond acceptors (Lipinski definition) is 3. The lowest BCUT2D eigenvalue weighted by molar-refractivity contribution is -0.0130. The van der Waals surface area contributed by atoms with Crippen molar-refractivity contribution >= 4 is 0 Å². The summed E-state index contributed by atoms with van der Waals surface area (Å²) in [7, 11) is 0. The van der Waals surface area contributed by atoms with Gasteiger partial charge < -0.3 is 4.90 Å². The van der Waals surface area contributed by atoms with Crippen LogP contribution in [0.15, 0.2) is 0 Å². The highest BCUT2D eigenvalue weighted by molar-refractivity contribution is 4.98. The molecule has 0 bridgehead atoms. The molecule has 152 valence electrons. The van der Waals surface area contributed by atoms with Gasteiger partial charge in [0.05, 0.1) is 0 Å². The van der Waals surface area contributed by atoms with Gasteiger partial charge in [-0.05, 0) is 90.1 Å². The molecule has 0 N–H and O–H groups in total. The zero-order chi connectivity index (χ0) is 18.9. The molecule has 0 amide bonds. The largest absolute Gasteiger partial charge is 0.303 e. The number of piperazine rings is 1. The molecule has 3 fully saturated rings. The first-order chi connectivity index (χ1) is 12.2. The van der Waals surface area contributed by atoms with Crippen LogP contribution in [0.3, 0.4) is 0 Å². The lowest BCUT2D eigenvalue weighted by atomic mass is 9.78. The molecule has 2 aliphatic heterocycles. The maximum atomic E-state index is 2.80. The van der Waals surface area contributed by atoms with Crippen LogP contribution in [0.4, 0.5) is 0 Å². The number of rotatable bonds is 7. The molecular weight excluding hydrogens is 318 g/mol. The average Bonchev–Trinajstić information content (AvgIpc) is 3.33. The zero-order valence-corrected chi connectivity index (χ0v) is 18.6. The fourth-order valence-electron chi connectivity index (χ4n) is 5.81. The first-order valence-electron chi connectivity index (χ1n) is 11.4. The molecule has 2 saturated heterocycles. The molecule has 26 heavy (non-hydrogen) atoms. The summed E-state index contributed by atoms with van der Waals surface area (Å²) in [5, 5.41) is 0. The van der Waals surface area contributed by atoms with Crippen LogP contribution in [0.25, 0.3) is 0 Å². The van der Waals surface area contributed by atoms with E-state index in [2.05, 4.69) is 56.2 Å². The Kier molecular flexibility index (Phi) is 6.41. The van der Waals surface area contributed by atoms with Gasteiger partial charge in [-0.25, -0.2) is 0 Å². The third-order valence-corrected chi connectivity index (χ3v) is 7.80. The van der Waals surface area contributed by atoms with Crippen molar-refractivity contribution in [3.05, 3.63) is 0 Å². The van der Waals surface area contributed by atoms with Gasteiger partial charge in [-0.15, -0.1) is 0 Å². The highest BCUT2D eigenvalue weighted by Crippen LogP contribution is 2.51. The Bertz CT molecular complexity index is 436. The fourth-order valence-corrected chi connectivity index (χ4v) is 5.81. The Hall–Kier alpha value is -0.120. The van der Waals surface area contributed by atoms with Gasteiger partial charge in [0.2, 0.25) is 0 Å². The molecule has 3 heteroatoms.